The highest BCUT2D eigenvalue weighted by Crippen LogP contribution is 2.18. The van der Waals surface area contributed by atoms with E-state index in [2.05, 4.69) is 39.8 Å². The molecule has 7 nitrogen and oxygen atoms in total. The lowest BCUT2D eigenvalue weighted by Crippen LogP contribution is -2.22. The highest BCUT2D eigenvalue weighted by atomic mass is 16.8. The van der Waals surface area contributed by atoms with Gasteiger partial charge in [-0.3, -0.25) is 0 Å². The molecule has 0 amide bonds. The molecule has 0 radical (unpaired) electrons. The molecule has 424 valence electrons. The van der Waals surface area contributed by atoms with Crippen molar-refractivity contribution in [2.75, 3.05) is 40.6 Å². The van der Waals surface area contributed by atoms with Crippen molar-refractivity contribution >= 4 is 0 Å². The van der Waals surface area contributed by atoms with Gasteiger partial charge in [-0.15, -0.1) is 0 Å². The van der Waals surface area contributed by atoms with E-state index in [9.17, 15) is 0 Å². The second-order valence-corrected chi connectivity index (χ2v) is 21.1. The van der Waals surface area contributed by atoms with Gasteiger partial charge in [-0.1, -0.05) is 258 Å². The Kier molecular flexibility index (Phi) is 61.0. The monoisotopic (exact) mass is 1010 g/mol. The van der Waals surface area contributed by atoms with Crippen LogP contribution in [0.15, 0.2) is 24.3 Å². The van der Waals surface area contributed by atoms with Gasteiger partial charge in [-0.25, -0.2) is 0 Å². The molecule has 0 bridgehead atoms. The van der Waals surface area contributed by atoms with Crippen molar-refractivity contribution < 1.29 is 33.2 Å². The molecule has 2 unspecified atom stereocenters. The standard InChI is InChI=1S/C64H126O7/c1-7-11-15-19-23-33-41-49-57-67-63(68-58-50-42-34-24-20-16-12-8-2)55-47-39-31-27-29-37-45-53-61(65-5)71-62(66-6)54-46-38-30-28-32-40-48-56-64(69-59-51-43-35-25-21-17-13-9-3)70-60-52-44-36-26-22-18-14-10-4/h45-46,53-54,61-64H,7-44,47-52,55-60H2,1-6H3. The molecule has 71 heavy (non-hydrogen) atoms. The van der Waals surface area contributed by atoms with E-state index in [-0.39, 0.29) is 12.6 Å². The Morgan fingerprint density at radius 3 is 0.746 bits per heavy atom. The van der Waals surface area contributed by atoms with Gasteiger partial charge in [0.1, 0.15) is 0 Å². The summed E-state index contributed by atoms with van der Waals surface area (Å²) < 4.78 is 42.6. The second-order valence-electron chi connectivity index (χ2n) is 21.1. The Balaban J connectivity index is 4.37. The zero-order valence-electron chi connectivity index (χ0n) is 48.8. The third kappa shape index (κ3) is 55.3. The fourth-order valence-electron chi connectivity index (χ4n) is 9.35. The number of rotatable bonds is 62. The number of allylic oxidation sites excluding steroid dienone is 2. The lowest BCUT2D eigenvalue weighted by Gasteiger charge is -2.19. The maximum atomic E-state index is 6.31. The first kappa shape index (κ1) is 70.2. The van der Waals surface area contributed by atoms with Gasteiger partial charge in [0.05, 0.1) is 0 Å². The van der Waals surface area contributed by atoms with E-state index < -0.39 is 12.6 Å². The summed E-state index contributed by atoms with van der Waals surface area (Å²) in [5.74, 6) is 0. The minimum Gasteiger partial charge on any atom is -0.353 e. The van der Waals surface area contributed by atoms with Gasteiger partial charge in [0.15, 0.2) is 25.2 Å². The lowest BCUT2D eigenvalue weighted by molar-refractivity contribution is -0.188. The maximum Gasteiger partial charge on any atom is 0.179 e. The minimum absolute atomic E-state index is 0.0348. The number of unbranched alkanes of at least 4 members (excludes halogenated alkanes) is 38. The molecule has 0 spiro atoms. The van der Waals surface area contributed by atoms with E-state index in [0.717, 1.165) is 77.8 Å². The Labute approximate surface area is 444 Å². The Morgan fingerprint density at radius 1 is 0.268 bits per heavy atom. The van der Waals surface area contributed by atoms with Gasteiger partial charge in [-0.05, 0) is 89.2 Å². The predicted molar refractivity (Wildman–Crippen MR) is 307 cm³/mol. The van der Waals surface area contributed by atoms with Crippen LogP contribution in [-0.4, -0.2) is 65.8 Å². The zero-order chi connectivity index (χ0) is 51.4. The fraction of sp³-hybridized carbons (Fsp3) is 0.938. The molecule has 0 heterocycles. The molecule has 0 aromatic heterocycles. The summed E-state index contributed by atoms with van der Waals surface area (Å²) in [5.41, 5.74) is 0. The van der Waals surface area contributed by atoms with Gasteiger partial charge in [0.25, 0.3) is 0 Å². The molecule has 0 aliphatic carbocycles. The van der Waals surface area contributed by atoms with E-state index in [1.54, 1.807) is 14.2 Å². The minimum atomic E-state index is -0.421. The lowest BCUT2D eigenvalue weighted by atomic mass is 10.1. The molecule has 7 heteroatoms. The predicted octanol–water partition coefficient (Wildman–Crippen LogP) is 20.8. The molecule has 0 saturated heterocycles. The van der Waals surface area contributed by atoms with Crippen molar-refractivity contribution in [3.63, 3.8) is 0 Å². The SMILES string of the molecule is CCCCCCCCCCOC(CCCCCCCC=CC(OC)OC(C=CCCCCCCCC(OCCCCCCCCCC)OCCCCCCCCCC)OC)OCCCCCCCCCC. The third-order valence-electron chi connectivity index (χ3n) is 14.1. The molecule has 2 atom stereocenters. The Hall–Kier alpha value is -0.800. The molecule has 0 aliphatic heterocycles. The molecule has 0 aliphatic rings. The summed E-state index contributed by atoms with van der Waals surface area (Å²) in [6.45, 7) is 12.5. The van der Waals surface area contributed by atoms with Crippen LogP contribution < -0.4 is 0 Å². The molecule has 0 N–H and O–H groups in total. The highest BCUT2D eigenvalue weighted by molar-refractivity contribution is 4.89. The van der Waals surface area contributed by atoms with Gasteiger partial charge >= 0.3 is 0 Å². The molecule has 0 rings (SSSR count). The van der Waals surface area contributed by atoms with Gasteiger partial charge < -0.3 is 33.2 Å². The van der Waals surface area contributed by atoms with Crippen LogP contribution in [0, 0.1) is 0 Å². The zero-order valence-corrected chi connectivity index (χ0v) is 48.8. The smallest absolute Gasteiger partial charge is 0.179 e. The van der Waals surface area contributed by atoms with Crippen LogP contribution in [0.5, 0.6) is 0 Å². The van der Waals surface area contributed by atoms with Crippen molar-refractivity contribution in [2.24, 2.45) is 0 Å². The van der Waals surface area contributed by atoms with Crippen LogP contribution in [0.4, 0.5) is 0 Å². The van der Waals surface area contributed by atoms with E-state index in [4.69, 9.17) is 33.2 Å². The van der Waals surface area contributed by atoms with Crippen LogP contribution in [-0.2, 0) is 33.2 Å². The molecule has 0 fully saturated rings. The third-order valence-corrected chi connectivity index (χ3v) is 14.1. The Bertz CT molecular complexity index is 899. The first-order chi connectivity index (χ1) is 35.1. The first-order valence-electron chi connectivity index (χ1n) is 31.7. The summed E-state index contributed by atoms with van der Waals surface area (Å²) >= 11 is 0. The van der Waals surface area contributed by atoms with E-state index in [0.29, 0.717) is 0 Å². The summed E-state index contributed by atoms with van der Waals surface area (Å²) in [5, 5.41) is 0. The van der Waals surface area contributed by atoms with Crippen molar-refractivity contribution in [1.82, 2.24) is 0 Å². The van der Waals surface area contributed by atoms with Crippen LogP contribution >= 0.6 is 0 Å². The number of hydrogen-bond donors (Lipinski definition) is 0. The molecule has 0 aromatic carbocycles. The Morgan fingerprint density at radius 2 is 0.493 bits per heavy atom. The van der Waals surface area contributed by atoms with Gasteiger partial charge in [0, 0.05) is 40.6 Å². The first-order valence-corrected chi connectivity index (χ1v) is 31.7. The van der Waals surface area contributed by atoms with Crippen LogP contribution in [0.25, 0.3) is 0 Å². The summed E-state index contributed by atoms with van der Waals surface area (Å²) in [7, 11) is 3.40. The summed E-state index contributed by atoms with van der Waals surface area (Å²) in [6, 6.07) is 0. The maximum absolute atomic E-state index is 6.31. The average Bonchev–Trinajstić information content (AvgIpc) is 3.38. The van der Waals surface area contributed by atoms with Gasteiger partial charge in [0.2, 0.25) is 0 Å². The van der Waals surface area contributed by atoms with Crippen molar-refractivity contribution in [1.29, 1.82) is 0 Å². The van der Waals surface area contributed by atoms with Crippen molar-refractivity contribution in [2.45, 2.75) is 348 Å². The van der Waals surface area contributed by atoms with Gasteiger partial charge in [-0.2, -0.15) is 0 Å². The molecule has 0 saturated carbocycles. The normalized spacial score (nSPS) is 13.1. The van der Waals surface area contributed by atoms with E-state index in [1.807, 2.05) is 12.2 Å². The van der Waals surface area contributed by atoms with Crippen molar-refractivity contribution in [3.05, 3.63) is 24.3 Å². The van der Waals surface area contributed by atoms with E-state index >= 15 is 0 Å². The van der Waals surface area contributed by atoms with Crippen molar-refractivity contribution in [3.8, 4) is 0 Å². The topological polar surface area (TPSA) is 64.6 Å². The quantitative estimate of drug-likeness (QED) is 0.0342. The number of methoxy groups -OCH3 is 2. The largest absolute Gasteiger partial charge is 0.353 e. The summed E-state index contributed by atoms with van der Waals surface area (Å²) in [4.78, 5) is 0. The molecular weight excluding hydrogens is 881 g/mol. The number of hydrogen-bond acceptors (Lipinski definition) is 7. The molecule has 0 aromatic rings. The van der Waals surface area contributed by atoms with Crippen LogP contribution in [0.3, 0.4) is 0 Å². The average molecular weight is 1010 g/mol. The van der Waals surface area contributed by atoms with E-state index in [1.165, 1.54) is 244 Å². The number of ether oxygens (including phenoxy) is 7. The second kappa shape index (κ2) is 61.7. The van der Waals surface area contributed by atoms with Crippen LogP contribution in [0.2, 0.25) is 0 Å². The fourth-order valence-corrected chi connectivity index (χ4v) is 9.35. The summed E-state index contributed by atoms with van der Waals surface area (Å²) in [6.07, 6.45) is 66.3. The highest BCUT2D eigenvalue weighted by Gasteiger charge is 2.13. The van der Waals surface area contributed by atoms with Crippen LogP contribution in [0.1, 0.15) is 323 Å². The molecular formula is C64H126O7.